The van der Waals surface area contributed by atoms with Gasteiger partial charge in [-0.25, -0.2) is 9.59 Å². The lowest BCUT2D eigenvalue weighted by Crippen LogP contribution is -2.51. The number of ether oxygens (including phenoxy) is 2. The van der Waals surface area contributed by atoms with Crippen LogP contribution in [0, 0.1) is 0 Å². The van der Waals surface area contributed by atoms with Crippen molar-refractivity contribution in [3.05, 3.63) is 29.8 Å². The quantitative estimate of drug-likeness (QED) is 0.696. The first-order valence-corrected chi connectivity index (χ1v) is 11.0. The van der Waals surface area contributed by atoms with Crippen molar-refractivity contribution in [3.8, 4) is 0 Å². The molecule has 3 rings (SSSR count). The summed E-state index contributed by atoms with van der Waals surface area (Å²) in [5.74, 6) is -1.31. The molecule has 2 heterocycles. The van der Waals surface area contributed by atoms with Crippen molar-refractivity contribution in [2.45, 2.75) is 64.6 Å². The van der Waals surface area contributed by atoms with E-state index in [1.165, 1.54) is 9.80 Å². The number of hydrogen-bond acceptors (Lipinski definition) is 6. The van der Waals surface area contributed by atoms with E-state index in [1.54, 1.807) is 39.8 Å². The smallest absolute Gasteiger partial charge is 0.410 e. The summed E-state index contributed by atoms with van der Waals surface area (Å²) in [5.41, 5.74) is 0.847. The van der Waals surface area contributed by atoms with Gasteiger partial charge in [-0.3, -0.25) is 19.4 Å². The van der Waals surface area contributed by atoms with Gasteiger partial charge in [0, 0.05) is 18.7 Å². The molecule has 1 fully saturated rings. The van der Waals surface area contributed by atoms with Crippen molar-refractivity contribution >= 4 is 29.6 Å². The summed E-state index contributed by atoms with van der Waals surface area (Å²) >= 11 is 0. The van der Waals surface area contributed by atoms with Gasteiger partial charge in [0.1, 0.15) is 17.7 Å². The van der Waals surface area contributed by atoms with Crippen LogP contribution in [0.25, 0.3) is 0 Å². The van der Waals surface area contributed by atoms with E-state index in [4.69, 9.17) is 9.47 Å². The Morgan fingerprint density at radius 1 is 1.12 bits per heavy atom. The molecule has 0 saturated carbocycles. The number of carbonyl (C=O) groups is 4. The van der Waals surface area contributed by atoms with Crippen molar-refractivity contribution < 1.29 is 28.7 Å². The molecule has 0 aromatic heterocycles. The summed E-state index contributed by atoms with van der Waals surface area (Å²) in [5, 5.41) is 2.64. The standard InChI is InChI=1S/C23H31N3O6/c1-5-31-21(29)18-13-15-9-6-7-10-16(15)26(18)19(27)14-24-20(28)17-11-8-12-25(17)22(30)32-23(2,3)4/h6-7,9-10,17-18H,5,8,11-14H2,1-4H3,(H,24,28)/t17-,18-/m0/s1. The van der Waals surface area contributed by atoms with E-state index in [1.807, 2.05) is 12.1 Å². The van der Waals surface area contributed by atoms with Crippen molar-refractivity contribution in [1.82, 2.24) is 10.2 Å². The summed E-state index contributed by atoms with van der Waals surface area (Å²) in [4.78, 5) is 53.5. The predicted octanol–water partition coefficient (Wildman–Crippen LogP) is 2.02. The Morgan fingerprint density at radius 2 is 1.84 bits per heavy atom. The number of fused-ring (bicyclic) bond motifs is 1. The summed E-state index contributed by atoms with van der Waals surface area (Å²) in [6.07, 6.45) is 0.994. The molecule has 1 aromatic rings. The summed E-state index contributed by atoms with van der Waals surface area (Å²) < 4.78 is 10.5. The average Bonchev–Trinajstić information content (AvgIpc) is 3.35. The Bertz CT molecular complexity index is 894. The number of rotatable bonds is 5. The molecule has 1 aromatic carbocycles. The van der Waals surface area contributed by atoms with Gasteiger partial charge in [0.2, 0.25) is 11.8 Å². The molecule has 2 aliphatic heterocycles. The molecule has 1 N–H and O–H groups in total. The van der Waals surface area contributed by atoms with Gasteiger partial charge in [-0.1, -0.05) is 18.2 Å². The molecule has 3 amide bonds. The lowest BCUT2D eigenvalue weighted by Gasteiger charge is -2.28. The van der Waals surface area contributed by atoms with E-state index in [9.17, 15) is 19.2 Å². The van der Waals surface area contributed by atoms with Gasteiger partial charge in [0.25, 0.3) is 0 Å². The molecular formula is C23H31N3O6. The molecule has 0 spiro atoms. The largest absolute Gasteiger partial charge is 0.464 e. The van der Waals surface area contributed by atoms with E-state index in [2.05, 4.69) is 5.32 Å². The minimum atomic E-state index is -0.763. The van der Waals surface area contributed by atoms with Gasteiger partial charge in [-0.05, 0) is 52.2 Å². The van der Waals surface area contributed by atoms with Crippen LogP contribution in [0.1, 0.15) is 46.1 Å². The molecule has 2 aliphatic rings. The lowest BCUT2D eigenvalue weighted by atomic mass is 10.1. The molecule has 0 bridgehead atoms. The molecule has 32 heavy (non-hydrogen) atoms. The number of carbonyl (C=O) groups excluding carboxylic acids is 4. The second-order valence-corrected chi connectivity index (χ2v) is 8.91. The van der Waals surface area contributed by atoms with Gasteiger partial charge < -0.3 is 14.8 Å². The maximum absolute atomic E-state index is 13.0. The molecule has 2 atom stereocenters. The van der Waals surface area contributed by atoms with E-state index in [-0.39, 0.29) is 13.2 Å². The van der Waals surface area contributed by atoms with Crippen LogP contribution in [0.15, 0.2) is 24.3 Å². The van der Waals surface area contributed by atoms with Crippen LogP contribution in [-0.2, 0) is 30.3 Å². The number of nitrogens with zero attached hydrogens (tertiary/aromatic N) is 2. The van der Waals surface area contributed by atoms with Crippen molar-refractivity contribution in [1.29, 1.82) is 0 Å². The molecule has 0 unspecified atom stereocenters. The van der Waals surface area contributed by atoms with E-state index < -0.39 is 41.6 Å². The fourth-order valence-electron chi connectivity index (χ4n) is 4.07. The Labute approximate surface area is 188 Å². The third-order valence-electron chi connectivity index (χ3n) is 5.40. The van der Waals surface area contributed by atoms with Gasteiger partial charge in [0.15, 0.2) is 0 Å². The number of hydrogen-bond donors (Lipinski definition) is 1. The van der Waals surface area contributed by atoms with Gasteiger partial charge in [-0.15, -0.1) is 0 Å². The highest BCUT2D eigenvalue weighted by molar-refractivity contribution is 6.04. The van der Waals surface area contributed by atoms with Gasteiger partial charge in [0.05, 0.1) is 13.2 Å². The molecule has 0 aliphatic carbocycles. The van der Waals surface area contributed by atoms with Crippen molar-refractivity contribution in [2.24, 2.45) is 0 Å². The van der Waals surface area contributed by atoms with Gasteiger partial charge in [-0.2, -0.15) is 0 Å². The fraction of sp³-hybridized carbons (Fsp3) is 0.565. The maximum Gasteiger partial charge on any atom is 0.410 e. The molecule has 9 heteroatoms. The number of likely N-dealkylation sites (tertiary alicyclic amines) is 1. The zero-order valence-electron chi connectivity index (χ0n) is 19.1. The SMILES string of the molecule is CCOC(=O)[C@@H]1Cc2ccccc2N1C(=O)CNC(=O)[C@@H]1CCCN1C(=O)OC(C)(C)C. The Balaban J connectivity index is 1.66. The second-order valence-electron chi connectivity index (χ2n) is 8.91. The van der Waals surface area contributed by atoms with Crippen molar-refractivity contribution in [3.63, 3.8) is 0 Å². The Morgan fingerprint density at radius 3 is 2.53 bits per heavy atom. The molecule has 174 valence electrons. The molecular weight excluding hydrogens is 414 g/mol. The second kappa shape index (κ2) is 9.58. The first kappa shape index (κ1) is 23.6. The van der Waals surface area contributed by atoms with Crippen LogP contribution in [-0.4, -0.2) is 66.2 Å². The highest BCUT2D eigenvalue weighted by atomic mass is 16.6. The topological polar surface area (TPSA) is 105 Å². The molecule has 1 saturated heterocycles. The summed E-state index contributed by atoms with van der Waals surface area (Å²) in [7, 11) is 0. The number of esters is 1. The number of benzene rings is 1. The minimum absolute atomic E-state index is 0.215. The first-order valence-electron chi connectivity index (χ1n) is 11.0. The zero-order valence-corrected chi connectivity index (χ0v) is 19.1. The first-order chi connectivity index (χ1) is 15.1. The van der Waals surface area contributed by atoms with Crippen molar-refractivity contribution in [2.75, 3.05) is 24.6 Å². The van der Waals surface area contributed by atoms with Crippen LogP contribution >= 0.6 is 0 Å². The normalized spacial score (nSPS) is 20.0. The highest BCUT2D eigenvalue weighted by Crippen LogP contribution is 2.32. The predicted molar refractivity (Wildman–Crippen MR) is 117 cm³/mol. The highest BCUT2D eigenvalue weighted by Gasteiger charge is 2.40. The van der Waals surface area contributed by atoms with Crippen LogP contribution in [0.5, 0.6) is 0 Å². The fourth-order valence-corrected chi connectivity index (χ4v) is 4.07. The average molecular weight is 446 g/mol. The molecule has 9 nitrogen and oxygen atoms in total. The number of nitrogens with one attached hydrogen (secondary N) is 1. The minimum Gasteiger partial charge on any atom is -0.464 e. The van der Waals surface area contributed by atoms with Gasteiger partial charge >= 0.3 is 12.1 Å². The summed E-state index contributed by atoms with van der Waals surface area (Å²) in [6.45, 7) is 7.36. The monoisotopic (exact) mass is 445 g/mol. The lowest BCUT2D eigenvalue weighted by molar-refractivity contribution is -0.145. The third kappa shape index (κ3) is 5.20. The maximum atomic E-state index is 13.0. The number of para-hydroxylation sites is 1. The Hall–Kier alpha value is -3.10. The summed E-state index contributed by atoms with van der Waals surface area (Å²) in [6, 6.07) is 5.83. The van der Waals surface area contributed by atoms with E-state index in [0.29, 0.717) is 31.5 Å². The Kier molecular flexibility index (Phi) is 7.06. The molecule has 0 radical (unpaired) electrons. The zero-order chi connectivity index (χ0) is 23.5. The van der Waals surface area contributed by atoms with Crippen LogP contribution in [0.4, 0.5) is 10.5 Å². The van der Waals surface area contributed by atoms with E-state index >= 15 is 0 Å². The number of amides is 3. The van der Waals surface area contributed by atoms with Crippen LogP contribution in [0.3, 0.4) is 0 Å². The van der Waals surface area contributed by atoms with Crippen LogP contribution < -0.4 is 10.2 Å². The van der Waals surface area contributed by atoms with E-state index in [0.717, 1.165) is 5.56 Å². The number of anilines is 1. The van der Waals surface area contributed by atoms with Crippen LogP contribution in [0.2, 0.25) is 0 Å². The third-order valence-corrected chi connectivity index (χ3v) is 5.40.